The SMILES string of the molecule is NC(=O)Cc1occc1C(=O)N1CCOCC(C2CCC2)C1. The molecule has 3 rings (SSSR count). The molecule has 1 atom stereocenters. The van der Waals surface area contributed by atoms with E-state index in [-0.39, 0.29) is 12.3 Å². The van der Waals surface area contributed by atoms with Gasteiger partial charge in [-0.05, 0) is 12.0 Å². The number of carbonyl (C=O) groups excluding carboxylic acids is 2. The predicted molar refractivity (Wildman–Crippen MR) is 79.2 cm³/mol. The zero-order valence-corrected chi connectivity index (χ0v) is 12.6. The van der Waals surface area contributed by atoms with Gasteiger partial charge in [-0.1, -0.05) is 19.3 Å². The lowest BCUT2D eigenvalue weighted by atomic mass is 9.76. The molecule has 22 heavy (non-hydrogen) atoms. The zero-order valence-electron chi connectivity index (χ0n) is 12.6. The first-order chi connectivity index (χ1) is 10.6. The molecule has 1 saturated carbocycles. The first-order valence-corrected chi connectivity index (χ1v) is 7.87. The van der Waals surface area contributed by atoms with Crippen molar-refractivity contribution in [3.8, 4) is 0 Å². The van der Waals surface area contributed by atoms with E-state index in [1.807, 2.05) is 4.90 Å². The molecule has 120 valence electrons. The second-order valence-electron chi connectivity index (χ2n) is 6.18. The number of furan rings is 1. The Morgan fingerprint density at radius 1 is 1.32 bits per heavy atom. The Morgan fingerprint density at radius 2 is 2.14 bits per heavy atom. The molecule has 6 nitrogen and oxygen atoms in total. The van der Waals surface area contributed by atoms with Crippen molar-refractivity contribution in [3.05, 3.63) is 23.7 Å². The highest BCUT2D eigenvalue weighted by Gasteiger charge is 2.33. The Bertz CT molecular complexity index is 550. The summed E-state index contributed by atoms with van der Waals surface area (Å²) in [7, 11) is 0. The largest absolute Gasteiger partial charge is 0.468 e. The highest BCUT2D eigenvalue weighted by Crippen LogP contribution is 2.35. The molecule has 0 bridgehead atoms. The van der Waals surface area contributed by atoms with Crippen LogP contribution >= 0.6 is 0 Å². The van der Waals surface area contributed by atoms with Crippen molar-refractivity contribution >= 4 is 11.8 Å². The Kier molecular flexibility index (Phi) is 4.47. The number of hydrogen-bond donors (Lipinski definition) is 1. The fourth-order valence-corrected chi connectivity index (χ4v) is 3.21. The topological polar surface area (TPSA) is 85.8 Å². The van der Waals surface area contributed by atoms with Crippen LogP contribution in [0.2, 0.25) is 0 Å². The van der Waals surface area contributed by atoms with Crippen molar-refractivity contribution < 1.29 is 18.7 Å². The van der Waals surface area contributed by atoms with Crippen LogP contribution in [-0.4, -0.2) is 43.0 Å². The second kappa shape index (κ2) is 6.52. The number of nitrogens with two attached hydrogens (primary N) is 1. The molecule has 0 aromatic carbocycles. The molecule has 2 aliphatic rings. The molecule has 1 aliphatic carbocycles. The fourth-order valence-electron chi connectivity index (χ4n) is 3.21. The normalized spacial score (nSPS) is 22.9. The lowest BCUT2D eigenvalue weighted by Crippen LogP contribution is -2.39. The predicted octanol–water partition coefficient (Wildman–Crippen LogP) is 1.20. The third-order valence-corrected chi connectivity index (χ3v) is 4.71. The molecule has 1 unspecified atom stereocenters. The maximum atomic E-state index is 12.7. The lowest BCUT2D eigenvalue weighted by molar-refractivity contribution is -0.117. The van der Waals surface area contributed by atoms with Gasteiger partial charge < -0.3 is 19.8 Å². The molecule has 2 N–H and O–H groups in total. The molecule has 1 aliphatic heterocycles. The van der Waals surface area contributed by atoms with Gasteiger partial charge >= 0.3 is 0 Å². The summed E-state index contributed by atoms with van der Waals surface area (Å²) in [6, 6.07) is 1.62. The van der Waals surface area contributed by atoms with E-state index in [0.717, 1.165) is 6.61 Å². The van der Waals surface area contributed by atoms with Crippen LogP contribution < -0.4 is 5.73 Å². The van der Waals surface area contributed by atoms with E-state index in [4.69, 9.17) is 14.9 Å². The average Bonchev–Trinajstić information content (AvgIpc) is 2.72. The number of rotatable bonds is 4. The Balaban J connectivity index is 1.72. The number of carbonyl (C=O) groups is 2. The lowest BCUT2D eigenvalue weighted by Gasteiger charge is -2.34. The van der Waals surface area contributed by atoms with Crippen molar-refractivity contribution in [2.45, 2.75) is 25.7 Å². The van der Waals surface area contributed by atoms with Gasteiger partial charge in [0.25, 0.3) is 5.91 Å². The van der Waals surface area contributed by atoms with Gasteiger partial charge in [-0.3, -0.25) is 9.59 Å². The monoisotopic (exact) mass is 306 g/mol. The van der Waals surface area contributed by atoms with E-state index >= 15 is 0 Å². The van der Waals surface area contributed by atoms with E-state index in [2.05, 4.69) is 0 Å². The summed E-state index contributed by atoms with van der Waals surface area (Å²) in [4.78, 5) is 25.7. The van der Waals surface area contributed by atoms with E-state index in [0.29, 0.717) is 42.9 Å². The minimum absolute atomic E-state index is 0.0511. The summed E-state index contributed by atoms with van der Waals surface area (Å²) < 4.78 is 10.9. The maximum absolute atomic E-state index is 12.7. The average molecular weight is 306 g/mol. The van der Waals surface area contributed by atoms with Gasteiger partial charge in [0.15, 0.2) is 0 Å². The van der Waals surface area contributed by atoms with E-state index in [9.17, 15) is 9.59 Å². The molecule has 2 amide bonds. The van der Waals surface area contributed by atoms with Crippen molar-refractivity contribution in [2.24, 2.45) is 17.6 Å². The molecule has 2 heterocycles. The van der Waals surface area contributed by atoms with Crippen LogP contribution in [0, 0.1) is 11.8 Å². The van der Waals surface area contributed by atoms with Gasteiger partial charge in [-0.25, -0.2) is 0 Å². The van der Waals surface area contributed by atoms with Gasteiger partial charge in [0.1, 0.15) is 5.76 Å². The summed E-state index contributed by atoms with van der Waals surface area (Å²) in [5.41, 5.74) is 5.64. The van der Waals surface area contributed by atoms with Crippen LogP contribution in [0.4, 0.5) is 0 Å². The van der Waals surface area contributed by atoms with Gasteiger partial charge in [0, 0.05) is 19.0 Å². The fraction of sp³-hybridized carbons (Fsp3) is 0.625. The van der Waals surface area contributed by atoms with Crippen molar-refractivity contribution in [3.63, 3.8) is 0 Å². The van der Waals surface area contributed by atoms with Crippen LogP contribution in [0.3, 0.4) is 0 Å². The molecule has 0 spiro atoms. The molecule has 6 heteroatoms. The third kappa shape index (κ3) is 3.16. The maximum Gasteiger partial charge on any atom is 0.257 e. The van der Waals surface area contributed by atoms with Crippen molar-refractivity contribution in [2.75, 3.05) is 26.3 Å². The summed E-state index contributed by atoms with van der Waals surface area (Å²) in [5.74, 6) is 0.827. The van der Waals surface area contributed by atoms with Crippen LogP contribution in [0.15, 0.2) is 16.7 Å². The Hall–Kier alpha value is -1.82. The molecule has 0 radical (unpaired) electrons. The highest BCUT2D eigenvalue weighted by atomic mass is 16.5. The summed E-state index contributed by atoms with van der Waals surface area (Å²) >= 11 is 0. The number of nitrogens with zero attached hydrogens (tertiary/aromatic N) is 1. The molecule has 2 fully saturated rings. The van der Waals surface area contributed by atoms with Crippen LogP contribution in [-0.2, 0) is 16.0 Å². The molecule has 1 aromatic heterocycles. The quantitative estimate of drug-likeness (QED) is 0.905. The number of ether oxygens (including phenoxy) is 1. The van der Waals surface area contributed by atoms with E-state index in [1.165, 1.54) is 25.5 Å². The van der Waals surface area contributed by atoms with E-state index in [1.54, 1.807) is 6.07 Å². The van der Waals surface area contributed by atoms with E-state index < -0.39 is 5.91 Å². The number of amides is 2. The smallest absolute Gasteiger partial charge is 0.257 e. The van der Waals surface area contributed by atoms with Crippen LogP contribution in [0.1, 0.15) is 35.4 Å². The van der Waals surface area contributed by atoms with Gasteiger partial charge in [-0.15, -0.1) is 0 Å². The number of primary amides is 1. The zero-order chi connectivity index (χ0) is 15.5. The first kappa shape index (κ1) is 15.1. The standard InChI is InChI=1S/C16H22N2O4/c17-15(19)8-14-13(4-6-22-14)16(20)18-5-7-21-10-12(9-18)11-2-1-3-11/h4,6,11-12H,1-3,5,7-10H2,(H2,17,19). The van der Waals surface area contributed by atoms with Gasteiger partial charge in [-0.2, -0.15) is 0 Å². The summed E-state index contributed by atoms with van der Waals surface area (Å²) in [6.07, 6.45) is 5.12. The van der Waals surface area contributed by atoms with Crippen LogP contribution in [0.25, 0.3) is 0 Å². The van der Waals surface area contributed by atoms with Gasteiger partial charge in [0.05, 0.1) is 31.5 Å². The molecule has 1 saturated heterocycles. The first-order valence-electron chi connectivity index (χ1n) is 7.87. The third-order valence-electron chi connectivity index (χ3n) is 4.71. The molecule has 1 aromatic rings. The summed E-state index contributed by atoms with van der Waals surface area (Å²) in [5, 5.41) is 0. The minimum atomic E-state index is -0.504. The Labute approximate surface area is 129 Å². The number of hydrogen-bond acceptors (Lipinski definition) is 4. The Morgan fingerprint density at radius 3 is 2.82 bits per heavy atom. The molecular weight excluding hydrogens is 284 g/mol. The van der Waals surface area contributed by atoms with Crippen LogP contribution in [0.5, 0.6) is 0 Å². The summed E-state index contributed by atoms with van der Waals surface area (Å²) in [6.45, 7) is 2.57. The molecular formula is C16H22N2O4. The van der Waals surface area contributed by atoms with Crippen molar-refractivity contribution in [1.29, 1.82) is 0 Å². The minimum Gasteiger partial charge on any atom is -0.468 e. The van der Waals surface area contributed by atoms with Crippen molar-refractivity contribution in [1.82, 2.24) is 4.90 Å². The second-order valence-corrected chi connectivity index (χ2v) is 6.18. The highest BCUT2D eigenvalue weighted by molar-refractivity contribution is 5.96. The van der Waals surface area contributed by atoms with Gasteiger partial charge in [0.2, 0.25) is 5.91 Å².